The highest BCUT2D eigenvalue weighted by molar-refractivity contribution is 7.11. The summed E-state index contributed by atoms with van der Waals surface area (Å²) in [4.78, 5) is 4.62. The molecule has 0 unspecified atom stereocenters. The molecule has 3 aromatic rings. The summed E-state index contributed by atoms with van der Waals surface area (Å²) in [6.07, 6.45) is 2.68. The highest BCUT2D eigenvalue weighted by Crippen LogP contribution is 2.28. The second-order valence-electron chi connectivity index (χ2n) is 5.60. The summed E-state index contributed by atoms with van der Waals surface area (Å²) in [6, 6.07) is 18.1. The summed E-state index contributed by atoms with van der Waals surface area (Å²) in [6.45, 7) is 2.13. The fraction of sp³-hybridized carbons (Fsp3) is 0.143. The minimum Gasteiger partial charge on any atom is -0.495 e. The van der Waals surface area contributed by atoms with Crippen molar-refractivity contribution in [2.75, 3.05) is 12.4 Å². The zero-order valence-electron chi connectivity index (χ0n) is 14.7. The van der Waals surface area contributed by atoms with E-state index < -0.39 is 0 Å². The molecule has 0 spiro atoms. The van der Waals surface area contributed by atoms with Crippen LogP contribution in [0.4, 0.5) is 5.69 Å². The van der Waals surface area contributed by atoms with Crippen molar-refractivity contribution in [1.82, 2.24) is 4.98 Å². The van der Waals surface area contributed by atoms with Crippen molar-refractivity contribution in [2.24, 2.45) is 0 Å². The third kappa shape index (κ3) is 3.93. The van der Waals surface area contributed by atoms with Crippen LogP contribution in [0.3, 0.4) is 0 Å². The number of nitrogens with zero attached hydrogens (tertiary/aromatic N) is 2. The number of hydrogen-bond acceptors (Lipinski definition) is 5. The van der Waals surface area contributed by atoms with Crippen LogP contribution in [0.2, 0.25) is 0 Å². The molecule has 1 N–H and O–H groups in total. The van der Waals surface area contributed by atoms with Gasteiger partial charge in [0.05, 0.1) is 18.5 Å². The van der Waals surface area contributed by atoms with Gasteiger partial charge in [-0.15, -0.1) is 11.3 Å². The van der Waals surface area contributed by atoms with Gasteiger partial charge >= 0.3 is 0 Å². The Morgan fingerprint density at radius 3 is 2.69 bits per heavy atom. The lowest BCUT2D eigenvalue weighted by Crippen LogP contribution is -1.94. The van der Waals surface area contributed by atoms with Gasteiger partial charge in [-0.25, -0.2) is 4.98 Å². The number of nitriles is 1. The quantitative estimate of drug-likeness (QED) is 0.601. The molecule has 5 heteroatoms. The van der Waals surface area contributed by atoms with Crippen LogP contribution in [0, 0.1) is 11.3 Å². The Balaban J connectivity index is 1.82. The Morgan fingerprint density at radius 1 is 1.23 bits per heavy atom. The molecule has 2 aromatic carbocycles. The number of hydrogen-bond donors (Lipinski definition) is 1. The fourth-order valence-corrected chi connectivity index (χ4v) is 3.29. The molecular formula is C21H19N3OS. The first-order valence-electron chi connectivity index (χ1n) is 8.30. The molecule has 1 heterocycles. The van der Waals surface area contributed by atoms with Crippen molar-refractivity contribution in [3.63, 3.8) is 0 Å². The number of allylic oxidation sites excluding steroid dienone is 1. The van der Waals surface area contributed by atoms with Crippen LogP contribution in [0.5, 0.6) is 5.75 Å². The van der Waals surface area contributed by atoms with Crippen LogP contribution in [-0.4, -0.2) is 12.1 Å². The minimum absolute atomic E-state index is 0.484. The van der Waals surface area contributed by atoms with Crippen molar-refractivity contribution < 1.29 is 4.74 Å². The van der Waals surface area contributed by atoms with Crippen LogP contribution < -0.4 is 10.1 Å². The molecule has 0 saturated carbocycles. The molecule has 0 aliphatic rings. The fourth-order valence-electron chi connectivity index (χ4n) is 2.50. The van der Waals surface area contributed by atoms with Gasteiger partial charge in [0.1, 0.15) is 22.4 Å². The molecular weight excluding hydrogens is 342 g/mol. The van der Waals surface area contributed by atoms with E-state index >= 15 is 0 Å². The second-order valence-corrected chi connectivity index (χ2v) is 6.46. The van der Waals surface area contributed by atoms with E-state index in [-0.39, 0.29) is 0 Å². The average molecular weight is 361 g/mol. The van der Waals surface area contributed by atoms with Gasteiger partial charge in [-0.1, -0.05) is 43.3 Å². The van der Waals surface area contributed by atoms with E-state index in [1.165, 1.54) is 16.9 Å². The van der Waals surface area contributed by atoms with Crippen LogP contribution in [0.1, 0.15) is 17.5 Å². The van der Waals surface area contributed by atoms with Gasteiger partial charge in [0.25, 0.3) is 0 Å². The third-order valence-corrected chi connectivity index (χ3v) is 4.87. The summed E-state index contributed by atoms with van der Waals surface area (Å²) in [7, 11) is 1.62. The molecule has 0 aliphatic carbocycles. The lowest BCUT2D eigenvalue weighted by Gasteiger charge is -2.07. The zero-order valence-corrected chi connectivity index (χ0v) is 15.5. The first-order valence-corrected chi connectivity index (χ1v) is 9.18. The number of aryl methyl sites for hydroxylation is 1. The summed E-state index contributed by atoms with van der Waals surface area (Å²) in [5.74, 6) is 0.719. The van der Waals surface area contributed by atoms with E-state index in [1.54, 1.807) is 13.3 Å². The highest BCUT2D eigenvalue weighted by atomic mass is 32.1. The van der Waals surface area contributed by atoms with Gasteiger partial charge in [-0.2, -0.15) is 5.26 Å². The molecule has 0 amide bonds. The average Bonchev–Trinajstić information content (AvgIpc) is 3.19. The van der Waals surface area contributed by atoms with Crippen molar-refractivity contribution in [2.45, 2.75) is 13.3 Å². The van der Waals surface area contributed by atoms with Gasteiger partial charge in [0.15, 0.2) is 0 Å². The predicted molar refractivity (Wildman–Crippen MR) is 107 cm³/mol. The van der Waals surface area contributed by atoms with Gasteiger partial charge in [-0.05, 0) is 24.1 Å². The number of nitrogens with one attached hydrogen (secondary N) is 1. The smallest absolute Gasteiger partial charge is 0.142 e. The topological polar surface area (TPSA) is 57.9 Å². The van der Waals surface area contributed by atoms with E-state index in [1.807, 2.05) is 29.6 Å². The molecule has 130 valence electrons. The summed E-state index contributed by atoms with van der Waals surface area (Å²) in [5.41, 5.74) is 4.51. The van der Waals surface area contributed by atoms with Crippen molar-refractivity contribution in [3.05, 3.63) is 70.7 Å². The molecule has 0 radical (unpaired) electrons. The van der Waals surface area contributed by atoms with E-state index in [0.717, 1.165) is 29.1 Å². The van der Waals surface area contributed by atoms with Crippen LogP contribution in [-0.2, 0) is 6.42 Å². The monoisotopic (exact) mass is 361 g/mol. The van der Waals surface area contributed by atoms with E-state index in [4.69, 9.17) is 4.74 Å². The number of anilines is 1. The Hall–Kier alpha value is -3.10. The molecule has 3 rings (SSSR count). The third-order valence-electron chi connectivity index (χ3n) is 3.99. The second kappa shape index (κ2) is 8.32. The number of ether oxygens (including phenoxy) is 1. The molecule has 0 saturated heterocycles. The standard InChI is InChI=1S/C21H19N3OS/c1-3-15-8-10-16(11-9-15)19-14-26-21(24-19)17(12-22)13-23-18-6-4-5-7-20(18)25-2/h4-11,13-14,23H,3H2,1-2H3/b17-13+. The molecule has 0 aliphatic heterocycles. The Kier molecular flexibility index (Phi) is 5.67. The van der Waals surface area contributed by atoms with Gasteiger partial charge in [0.2, 0.25) is 0 Å². The van der Waals surface area contributed by atoms with Crippen molar-refractivity contribution >= 4 is 22.6 Å². The van der Waals surface area contributed by atoms with Crippen LogP contribution >= 0.6 is 11.3 Å². The molecule has 26 heavy (non-hydrogen) atoms. The Morgan fingerprint density at radius 2 is 2.00 bits per heavy atom. The van der Waals surface area contributed by atoms with Crippen molar-refractivity contribution in [3.8, 4) is 23.1 Å². The van der Waals surface area contributed by atoms with Gasteiger partial charge in [0, 0.05) is 17.1 Å². The Labute approximate surface area is 157 Å². The first kappa shape index (κ1) is 17.7. The largest absolute Gasteiger partial charge is 0.495 e. The number of para-hydroxylation sites is 2. The normalized spacial score (nSPS) is 11.0. The predicted octanol–water partition coefficient (Wildman–Crippen LogP) is 5.36. The molecule has 1 aromatic heterocycles. The number of rotatable bonds is 6. The van der Waals surface area contributed by atoms with Crippen molar-refractivity contribution in [1.29, 1.82) is 5.26 Å². The summed E-state index contributed by atoms with van der Waals surface area (Å²) >= 11 is 1.46. The molecule has 0 atom stereocenters. The molecule has 0 fully saturated rings. The number of thiazole rings is 1. The first-order chi connectivity index (χ1) is 12.7. The maximum atomic E-state index is 9.51. The maximum Gasteiger partial charge on any atom is 0.142 e. The van der Waals surface area contributed by atoms with Crippen LogP contribution in [0.25, 0.3) is 16.8 Å². The number of benzene rings is 2. The van der Waals surface area contributed by atoms with Gasteiger partial charge in [-0.3, -0.25) is 0 Å². The Bertz CT molecular complexity index is 952. The number of aromatic nitrogens is 1. The summed E-state index contributed by atoms with van der Waals surface area (Å²) < 4.78 is 5.31. The number of methoxy groups -OCH3 is 1. The highest BCUT2D eigenvalue weighted by Gasteiger charge is 2.09. The lowest BCUT2D eigenvalue weighted by molar-refractivity contribution is 0.417. The van der Waals surface area contributed by atoms with E-state index in [0.29, 0.717) is 10.6 Å². The summed E-state index contributed by atoms with van der Waals surface area (Å²) in [5, 5.41) is 15.3. The maximum absolute atomic E-state index is 9.51. The van der Waals surface area contributed by atoms with E-state index in [9.17, 15) is 5.26 Å². The lowest BCUT2D eigenvalue weighted by atomic mass is 10.1. The minimum atomic E-state index is 0.484. The molecule has 0 bridgehead atoms. The van der Waals surface area contributed by atoms with Crippen LogP contribution in [0.15, 0.2) is 60.1 Å². The molecule has 4 nitrogen and oxygen atoms in total. The SMILES string of the molecule is CCc1ccc(-c2csc(/C(C#N)=C/Nc3ccccc3OC)n2)cc1. The zero-order chi connectivity index (χ0) is 18.4. The van der Waals surface area contributed by atoms with Gasteiger partial charge < -0.3 is 10.1 Å². The van der Waals surface area contributed by atoms with E-state index in [2.05, 4.69) is 47.6 Å².